The summed E-state index contributed by atoms with van der Waals surface area (Å²) in [6.45, 7) is 9.39. The van der Waals surface area contributed by atoms with E-state index in [0.717, 1.165) is 0 Å². The Bertz CT molecular complexity index is 942. The molecule has 0 radical (unpaired) electrons. The van der Waals surface area contributed by atoms with Crippen LogP contribution in [-0.4, -0.2) is 28.1 Å². The zero-order valence-corrected chi connectivity index (χ0v) is 17.2. The number of hydrogen-bond donors (Lipinski definition) is 3. The van der Waals surface area contributed by atoms with E-state index in [0.29, 0.717) is 17.0 Å². The van der Waals surface area contributed by atoms with E-state index in [1.807, 2.05) is 27.7 Å². The van der Waals surface area contributed by atoms with Crippen molar-refractivity contribution in [2.45, 2.75) is 52.4 Å². The van der Waals surface area contributed by atoms with Gasteiger partial charge < -0.3 is 20.5 Å². The summed E-state index contributed by atoms with van der Waals surface area (Å²) in [4.78, 5) is 0. The summed E-state index contributed by atoms with van der Waals surface area (Å²) in [5, 5.41) is 4.31. The van der Waals surface area contributed by atoms with Gasteiger partial charge in [0, 0.05) is 34.7 Å². The van der Waals surface area contributed by atoms with Gasteiger partial charge in [0.05, 0.1) is 23.4 Å². The number of hydrogen-bond acceptors (Lipinski definition) is 6. The number of aryl methyl sites for hydroxylation is 1. The van der Waals surface area contributed by atoms with Gasteiger partial charge in [-0.15, -0.1) is 0 Å². The van der Waals surface area contributed by atoms with Crippen LogP contribution in [0.3, 0.4) is 0 Å². The summed E-state index contributed by atoms with van der Waals surface area (Å²) >= 11 is 0. The standard InChI is InChI=1S/C19H26BF2N5O2/c1-11-14(10-27(26-11)9-12(23)8-25-24)13-6-7-15(17(22)16(13)21)20-28-18(2,3)19(4,5)29-20/h6-8,10,25H,9,23-24H2,1-5H3/b12-8-. The molecule has 0 spiro atoms. The van der Waals surface area contributed by atoms with Crippen molar-refractivity contribution < 1.29 is 18.1 Å². The Kier molecular flexibility index (Phi) is 5.46. The lowest BCUT2D eigenvalue weighted by molar-refractivity contribution is 0.00578. The van der Waals surface area contributed by atoms with E-state index in [9.17, 15) is 8.78 Å². The molecule has 2 aromatic rings. The average molecular weight is 405 g/mol. The maximum absolute atomic E-state index is 15.0. The van der Waals surface area contributed by atoms with Crippen molar-refractivity contribution in [3.8, 4) is 11.1 Å². The summed E-state index contributed by atoms with van der Waals surface area (Å²) in [7, 11) is -0.985. The van der Waals surface area contributed by atoms with Gasteiger partial charge in [0.15, 0.2) is 11.6 Å². The molecule has 2 heterocycles. The van der Waals surface area contributed by atoms with Gasteiger partial charge in [0.2, 0.25) is 0 Å². The maximum atomic E-state index is 15.0. The minimum absolute atomic E-state index is 0.0242. The highest BCUT2D eigenvalue weighted by Gasteiger charge is 2.52. The molecule has 0 saturated carbocycles. The molecule has 7 nitrogen and oxygen atoms in total. The molecule has 5 N–H and O–H groups in total. The first-order chi connectivity index (χ1) is 13.5. The largest absolute Gasteiger partial charge is 0.497 e. The van der Waals surface area contributed by atoms with Crippen LogP contribution in [0, 0.1) is 18.6 Å². The molecule has 0 unspecified atom stereocenters. The second-order valence-corrected chi connectivity index (χ2v) is 8.13. The highest BCUT2D eigenvalue weighted by molar-refractivity contribution is 6.62. The van der Waals surface area contributed by atoms with Gasteiger partial charge in [-0.2, -0.15) is 5.10 Å². The minimum atomic E-state index is -1.00. The van der Waals surface area contributed by atoms with Gasteiger partial charge in [-0.05, 0) is 34.6 Å². The summed E-state index contributed by atoms with van der Waals surface area (Å²) in [5.74, 6) is 3.22. The Balaban J connectivity index is 1.93. The van der Waals surface area contributed by atoms with E-state index in [1.54, 1.807) is 13.1 Å². The third-order valence-electron chi connectivity index (χ3n) is 5.47. The van der Waals surface area contributed by atoms with Crippen LogP contribution < -0.4 is 22.5 Å². The highest BCUT2D eigenvalue weighted by Crippen LogP contribution is 2.37. The van der Waals surface area contributed by atoms with Crippen LogP contribution in [0.1, 0.15) is 33.4 Å². The summed E-state index contributed by atoms with van der Waals surface area (Å²) in [5.41, 5.74) is 8.41. The first-order valence-electron chi connectivity index (χ1n) is 9.25. The van der Waals surface area contributed by atoms with Crippen molar-refractivity contribution in [2.75, 3.05) is 0 Å². The van der Waals surface area contributed by atoms with Crippen LogP contribution in [0.5, 0.6) is 0 Å². The molecular weight excluding hydrogens is 379 g/mol. The lowest BCUT2D eigenvalue weighted by Crippen LogP contribution is -2.41. The van der Waals surface area contributed by atoms with E-state index in [-0.39, 0.29) is 17.6 Å². The minimum Gasteiger partial charge on any atom is -0.399 e. The Morgan fingerprint density at radius 2 is 1.79 bits per heavy atom. The van der Waals surface area contributed by atoms with Crippen molar-refractivity contribution >= 4 is 12.6 Å². The highest BCUT2D eigenvalue weighted by atomic mass is 19.2. The summed E-state index contributed by atoms with van der Waals surface area (Å²) < 4.78 is 43.1. The lowest BCUT2D eigenvalue weighted by atomic mass is 9.78. The number of aromatic nitrogens is 2. The number of rotatable bonds is 5. The molecule has 0 aliphatic carbocycles. The Hall–Kier alpha value is -2.43. The first-order valence-corrected chi connectivity index (χ1v) is 9.25. The zero-order chi connectivity index (χ0) is 21.6. The average Bonchev–Trinajstić information content (AvgIpc) is 3.06. The van der Waals surface area contributed by atoms with E-state index < -0.39 is 30.0 Å². The second kappa shape index (κ2) is 7.44. The van der Waals surface area contributed by atoms with Crippen LogP contribution in [0.2, 0.25) is 0 Å². The molecule has 1 aromatic heterocycles. The van der Waals surface area contributed by atoms with E-state index >= 15 is 0 Å². The third kappa shape index (κ3) is 3.87. The van der Waals surface area contributed by atoms with Crippen molar-refractivity contribution in [1.29, 1.82) is 0 Å². The Morgan fingerprint density at radius 1 is 1.17 bits per heavy atom. The van der Waals surface area contributed by atoms with Crippen LogP contribution in [0.25, 0.3) is 11.1 Å². The van der Waals surface area contributed by atoms with Crippen molar-refractivity contribution in [1.82, 2.24) is 15.2 Å². The molecule has 29 heavy (non-hydrogen) atoms. The number of nitrogens with two attached hydrogens (primary N) is 2. The monoisotopic (exact) mass is 405 g/mol. The second-order valence-electron chi connectivity index (χ2n) is 8.13. The summed E-state index contributed by atoms with van der Waals surface area (Å²) in [6, 6.07) is 2.99. The fourth-order valence-electron chi connectivity index (χ4n) is 3.13. The fourth-order valence-corrected chi connectivity index (χ4v) is 3.13. The molecule has 10 heteroatoms. The van der Waals surface area contributed by atoms with Gasteiger partial charge in [0.25, 0.3) is 0 Å². The molecule has 3 rings (SSSR count). The number of nitrogens with one attached hydrogen (secondary N) is 1. The van der Waals surface area contributed by atoms with Crippen molar-refractivity contribution in [3.63, 3.8) is 0 Å². The van der Waals surface area contributed by atoms with Gasteiger partial charge in [-0.3, -0.25) is 10.5 Å². The number of halogens is 2. The molecule has 0 amide bonds. The molecule has 0 bridgehead atoms. The van der Waals surface area contributed by atoms with E-state index in [1.165, 1.54) is 23.0 Å². The lowest BCUT2D eigenvalue weighted by Gasteiger charge is -2.32. The number of benzene rings is 1. The molecular formula is C19H26BF2N5O2. The SMILES string of the molecule is Cc1nn(C/C(N)=C/NN)cc1-c1ccc(B2OC(C)(C)C(C)(C)O2)c(F)c1F. The topological polar surface area (TPSA) is 100 Å². The van der Waals surface area contributed by atoms with E-state index in [2.05, 4.69) is 10.5 Å². The van der Waals surface area contributed by atoms with Gasteiger partial charge >= 0.3 is 7.12 Å². The predicted molar refractivity (Wildman–Crippen MR) is 108 cm³/mol. The smallest absolute Gasteiger partial charge is 0.399 e. The van der Waals surface area contributed by atoms with Crippen molar-refractivity contribution in [2.24, 2.45) is 11.6 Å². The van der Waals surface area contributed by atoms with Crippen LogP contribution >= 0.6 is 0 Å². The first kappa shape index (κ1) is 21.3. The van der Waals surface area contributed by atoms with Gasteiger partial charge in [0.1, 0.15) is 0 Å². The maximum Gasteiger partial charge on any atom is 0.497 e. The molecule has 1 saturated heterocycles. The number of hydrazine groups is 1. The molecule has 156 valence electrons. The Morgan fingerprint density at radius 3 is 2.38 bits per heavy atom. The molecule has 0 atom stereocenters. The molecule has 1 fully saturated rings. The summed E-state index contributed by atoms with van der Waals surface area (Å²) in [6.07, 6.45) is 3.04. The van der Waals surface area contributed by atoms with Crippen LogP contribution in [-0.2, 0) is 15.9 Å². The third-order valence-corrected chi connectivity index (χ3v) is 5.47. The fraction of sp³-hybridized carbons (Fsp3) is 0.421. The zero-order valence-electron chi connectivity index (χ0n) is 17.2. The molecule has 1 aliphatic heterocycles. The van der Waals surface area contributed by atoms with Gasteiger partial charge in [-0.1, -0.05) is 12.1 Å². The van der Waals surface area contributed by atoms with Crippen molar-refractivity contribution in [3.05, 3.63) is 47.6 Å². The quantitative estimate of drug-likeness (QED) is 0.398. The van der Waals surface area contributed by atoms with Crippen LogP contribution in [0.4, 0.5) is 8.78 Å². The normalized spacial score (nSPS) is 18.3. The van der Waals surface area contributed by atoms with E-state index in [4.69, 9.17) is 20.9 Å². The predicted octanol–water partition coefficient (Wildman–Crippen LogP) is 1.70. The van der Waals surface area contributed by atoms with Crippen LogP contribution in [0.15, 0.2) is 30.2 Å². The number of nitrogens with zero attached hydrogens (tertiary/aromatic N) is 2. The Labute approximate surface area is 169 Å². The molecule has 1 aliphatic rings. The number of allylic oxidation sites excluding steroid dienone is 1. The van der Waals surface area contributed by atoms with Gasteiger partial charge in [-0.25, -0.2) is 8.78 Å². The molecule has 1 aromatic carbocycles.